The van der Waals surface area contributed by atoms with Crippen molar-refractivity contribution in [2.75, 3.05) is 32.8 Å². The number of hydrogen-bond donors (Lipinski definition) is 1. The van der Waals surface area contributed by atoms with E-state index in [0.717, 1.165) is 24.2 Å². The lowest BCUT2D eigenvalue weighted by atomic mass is 9.95. The summed E-state index contributed by atoms with van der Waals surface area (Å²) in [6.45, 7) is 12.8. The van der Waals surface area contributed by atoms with E-state index in [9.17, 15) is 14.7 Å². The minimum absolute atomic E-state index is 0.114. The summed E-state index contributed by atoms with van der Waals surface area (Å²) in [5.74, 6) is -0.745. The van der Waals surface area contributed by atoms with Crippen LogP contribution in [0.5, 0.6) is 5.75 Å². The highest BCUT2D eigenvalue weighted by Gasteiger charge is 2.45. The summed E-state index contributed by atoms with van der Waals surface area (Å²) in [5, 5.41) is 11.1. The van der Waals surface area contributed by atoms with E-state index in [4.69, 9.17) is 4.74 Å². The maximum absolute atomic E-state index is 13.1. The first-order chi connectivity index (χ1) is 15.9. The van der Waals surface area contributed by atoms with Crippen molar-refractivity contribution in [1.82, 2.24) is 9.80 Å². The van der Waals surface area contributed by atoms with E-state index in [1.54, 1.807) is 35.2 Å². The Balaban J connectivity index is 2.05. The van der Waals surface area contributed by atoms with Crippen molar-refractivity contribution < 1.29 is 19.4 Å². The summed E-state index contributed by atoms with van der Waals surface area (Å²) in [6, 6.07) is 13.9. The average Bonchev–Trinajstić information content (AvgIpc) is 3.08. The van der Waals surface area contributed by atoms with Crippen molar-refractivity contribution in [3.63, 3.8) is 0 Å². The highest BCUT2D eigenvalue weighted by Crippen LogP contribution is 2.39. The van der Waals surface area contributed by atoms with Crippen molar-refractivity contribution in [2.45, 2.75) is 26.8 Å². The molecule has 1 fully saturated rings. The molecule has 1 aliphatic heterocycles. The Kier molecular flexibility index (Phi) is 8.06. The second-order valence-electron chi connectivity index (χ2n) is 8.05. The third-order valence-electron chi connectivity index (χ3n) is 5.98. The minimum Gasteiger partial charge on any atom is -0.507 e. The molecule has 1 amide bonds. The van der Waals surface area contributed by atoms with Gasteiger partial charge in [-0.3, -0.25) is 9.59 Å². The van der Waals surface area contributed by atoms with Crippen molar-refractivity contribution in [3.05, 3.63) is 83.4 Å². The molecule has 2 aromatic rings. The quantitative estimate of drug-likeness (QED) is 0.254. The van der Waals surface area contributed by atoms with Gasteiger partial charge < -0.3 is 19.6 Å². The molecule has 1 saturated heterocycles. The molecule has 2 aromatic carbocycles. The van der Waals surface area contributed by atoms with E-state index >= 15 is 0 Å². The van der Waals surface area contributed by atoms with E-state index in [1.165, 1.54) is 0 Å². The van der Waals surface area contributed by atoms with Crippen LogP contribution >= 0.6 is 0 Å². The van der Waals surface area contributed by atoms with Crippen LogP contribution in [-0.2, 0) is 9.59 Å². The number of rotatable bonds is 10. The van der Waals surface area contributed by atoms with Crippen LogP contribution < -0.4 is 4.74 Å². The average molecular weight is 449 g/mol. The molecule has 0 saturated carbocycles. The first-order valence-electron chi connectivity index (χ1n) is 11.3. The van der Waals surface area contributed by atoms with E-state index in [0.29, 0.717) is 31.0 Å². The monoisotopic (exact) mass is 448 g/mol. The molecule has 174 valence electrons. The predicted molar refractivity (Wildman–Crippen MR) is 130 cm³/mol. The van der Waals surface area contributed by atoms with Crippen molar-refractivity contribution in [2.24, 2.45) is 0 Å². The number of ether oxygens (including phenoxy) is 1. The summed E-state index contributed by atoms with van der Waals surface area (Å²) < 4.78 is 5.57. The van der Waals surface area contributed by atoms with Gasteiger partial charge in [-0.05, 0) is 37.7 Å². The number of aryl methyl sites for hydroxylation is 1. The number of benzene rings is 2. The lowest BCUT2D eigenvalue weighted by molar-refractivity contribution is -0.140. The Morgan fingerprint density at radius 1 is 1.09 bits per heavy atom. The van der Waals surface area contributed by atoms with Gasteiger partial charge in [0.1, 0.15) is 18.1 Å². The topological polar surface area (TPSA) is 70.1 Å². The van der Waals surface area contributed by atoms with Crippen molar-refractivity contribution in [1.29, 1.82) is 0 Å². The largest absolute Gasteiger partial charge is 0.507 e. The van der Waals surface area contributed by atoms with Crippen molar-refractivity contribution >= 4 is 17.4 Å². The Bertz CT molecular complexity index is 1020. The second kappa shape index (κ2) is 11.0. The standard InChI is InChI=1S/C27H32N2O4/c1-5-18-33-22-14-12-20(13-15-22)24-23(25(30)21-10-8-19(4)9-11-21)26(31)27(32)29(24)17-16-28(6-2)7-3/h5,8-15,24,30H,1,6-7,16-18H2,2-4H3/t24-/m1/s1. The predicted octanol–water partition coefficient (Wildman–Crippen LogP) is 4.32. The van der Waals surface area contributed by atoms with Crippen LogP contribution in [0, 0.1) is 6.92 Å². The zero-order valence-electron chi connectivity index (χ0n) is 19.6. The van der Waals surface area contributed by atoms with Gasteiger partial charge in [0.2, 0.25) is 0 Å². The fourth-order valence-corrected chi connectivity index (χ4v) is 4.01. The summed E-state index contributed by atoms with van der Waals surface area (Å²) in [7, 11) is 0. The number of likely N-dealkylation sites (tertiary alicyclic amines) is 1. The Morgan fingerprint density at radius 2 is 1.73 bits per heavy atom. The number of amides is 1. The SMILES string of the molecule is C=CCOc1ccc([C@@H]2C(=C(O)c3ccc(C)cc3)C(=O)C(=O)N2CCN(CC)CC)cc1. The van der Waals surface area contributed by atoms with E-state index in [1.807, 2.05) is 31.2 Å². The van der Waals surface area contributed by atoms with Crippen LogP contribution in [0.4, 0.5) is 0 Å². The minimum atomic E-state index is -0.671. The Labute approximate surface area is 195 Å². The molecule has 0 aliphatic carbocycles. The molecule has 1 N–H and O–H groups in total. The number of likely N-dealkylation sites (N-methyl/N-ethyl adjacent to an activating group) is 1. The van der Waals surface area contributed by atoms with Gasteiger partial charge in [0, 0.05) is 18.7 Å². The first-order valence-corrected chi connectivity index (χ1v) is 11.3. The third-order valence-corrected chi connectivity index (χ3v) is 5.98. The summed E-state index contributed by atoms with van der Waals surface area (Å²) in [6.07, 6.45) is 1.66. The lowest BCUT2D eigenvalue weighted by Gasteiger charge is -2.28. The molecule has 1 aliphatic rings. The molecule has 6 heteroatoms. The van der Waals surface area contributed by atoms with Crippen LogP contribution in [0.1, 0.15) is 36.6 Å². The molecule has 1 atom stereocenters. The second-order valence-corrected chi connectivity index (χ2v) is 8.05. The highest BCUT2D eigenvalue weighted by atomic mass is 16.5. The number of Topliss-reactive ketones (excluding diaryl/α,β-unsaturated/α-hetero) is 1. The van der Waals surface area contributed by atoms with E-state index in [-0.39, 0.29) is 11.3 Å². The molecular formula is C27H32N2O4. The van der Waals surface area contributed by atoms with Gasteiger partial charge in [-0.2, -0.15) is 0 Å². The third kappa shape index (κ3) is 5.34. The maximum Gasteiger partial charge on any atom is 0.295 e. The molecule has 0 bridgehead atoms. The number of nitrogens with zero attached hydrogens (tertiary/aromatic N) is 2. The molecule has 0 unspecified atom stereocenters. The van der Waals surface area contributed by atoms with Gasteiger partial charge in [-0.25, -0.2) is 0 Å². The molecule has 0 aromatic heterocycles. The summed E-state index contributed by atoms with van der Waals surface area (Å²) >= 11 is 0. The zero-order chi connectivity index (χ0) is 24.0. The highest BCUT2D eigenvalue weighted by molar-refractivity contribution is 6.46. The van der Waals surface area contributed by atoms with Gasteiger partial charge >= 0.3 is 0 Å². The van der Waals surface area contributed by atoms with E-state index < -0.39 is 17.7 Å². The van der Waals surface area contributed by atoms with Crippen molar-refractivity contribution in [3.8, 4) is 5.75 Å². The number of aliphatic hydroxyl groups is 1. The summed E-state index contributed by atoms with van der Waals surface area (Å²) in [4.78, 5) is 29.9. The Morgan fingerprint density at radius 3 is 2.30 bits per heavy atom. The van der Waals surface area contributed by atoms with E-state index in [2.05, 4.69) is 25.3 Å². The number of carbonyl (C=O) groups is 2. The van der Waals surface area contributed by atoms with Crippen LogP contribution in [0.25, 0.3) is 5.76 Å². The van der Waals surface area contributed by atoms with Crippen LogP contribution in [0.15, 0.2) is 66.8 Å². The molecule has 33 heavy (non-hydrogen) atoms. The molecule has 3 rings (SSSR count). The molecular weight excluding hydrogens is 416 g/mol. The van der Waals surface area contributed by atoms with Gasteiger partial charge in [-0.1, -0.05) is 68.5 Å². The molecule has 0 radical (unpaired) electrons. The number of carbonyl (C=O) groups excluding carboxylic acids is 2. The zero-order valence-corrected chi connectivity index (χ0v) is 19.6. The van der Waals surface area contributed by atoms with Crippen LogP contribution in [0.2, 0.25) is 0 Å². The summed E-state index contributed by atoms with van der Waals surface area (Å²) in [5.41, 5.74) is 2.41. The smallest absolute Gasteiger partial charge is 0.295 e. The fourth-order valence-electron chi connectivity index (χ4n) is 4.01. The normalized spacial score (nSPS) is 17.6. The first kappa shape index (κ1) is 24.3. The van der Waals surface area contributed by atoms with Gasteiger partial charge in [0.25, 0.3) is 11.7 Å². The van der Waals surface area contributed by atoms with Gasteiger partial charge in [-0.15, -0.1) is 0 Å². The number of hydrogen-bond acceptors (Lipinski definition) is 5. The number of aliphatic hydroxyl groups excluding tert-OH is 1. The lowest BCUT2D eigenvalue weighted by Crippen LogP contribution is -2.38. The van der Waals surface area contributed by atoms with Crippen LogP contribution in [0.3, 0.4) is 0 Å². The Hall–Kier alpha value is -3.38. The molecule has 0 spiro atoms. The molecule has 6 nitrogen and oxygen atoms in total. The molecule has 1 heterocycles. The fraction of sp³-hybridized carbons (Fsp3) is 0.333. The van der Waals surface area contributed by atoms with Gasteiger partial charge in [0.05, 0.1) is 11.6 Å². The maximum atomic E-state index is 13.1. The number of ketones is 1. The van der Waals surface area contributed by atoms with Crippen LogP contribution in [-0.4, -0.2) is 59.4 Å². The van der Waals surface area contributed by atoms with Gasteiger partial charge in [0.15, 0.2) is 0 Å².